The average Bonchev–Trinajstić information content (AvgIpc) is 3.27. The summed E-state index contributed by atoms with van der Waals surface area (Å²) in [5, 5.41) is 1.32. The fourth-order valence-electron chi connectivity index (χ4n) is 2.89. The zero-order valence-corrected chi connectivity index (χ0v) is 16.2. The van der Waals surface area contributed by atoms with Crippen LogP contribution in [0, 0.1) is 0 Å². The van der Waals surface area contributed by atoms with Crippen LogP contribution in [0.3, 0.4) is 0 Å². The molecule has 4 rings (SSSR count). The number of barbiturate groups is 1. The van der Waals surface area contributed by atoms with Gasteiger partial charge in [-0.3, -0.25) is 19.4 Å². The van der Waals surface area contributed by atoms with Crippen LogP contribution >= 0.6 is 11.8 Å². The Morgan fingerprint density at radius 1 is 0.964 bits per heavy atom. The smallest absolute Gasteiger partial charge is 0.333 e. The quantitative estimate of drug-likeness (QED) is 0.500. The summed E-state index contributed by atoms with van der Waals surface area (Å²) in [5.41, 5.74) is 1.77. The molecule has 2 aromatic heterocycles. The zero-order chi connectivity index (χ0) is 20.0. The lowest BCUT2D eigenvalue weighted by Crippen LogP contribution is -2.52. The van der Waals surface area contributed by atoms with E-state index in [2.05, 4.69) is 4.98 Å². The van der Waals surface area contributed by atoms with Gasteiger partial charge in [0, 0.05) is 21.1 Å². The highest BCUT2D eigenvalue weighted by Gasteiger charge is 2.38. The van der Waals surface area contributed by atoms with Crippen LogP contribution in [-0.4, -0.2) is 51.3 Å². The van der Waals surface area contributed by atoms with Crippen molar-refractivity contribution in [1.82, 2.24) is 19.4 Å². The molecule has 142 valence electrons. The normalized spacial score (nSPS) is 15.1. The van der Waals surface area contributed by atoms with Gasteiger partial charge in [0.15, 0.2) is 10.2 Å². The van der Waals surface area contributed by atoms with Crippen LogP contribution in [0.5, 0.6) is 0 Å². The molecule has 0 N–H and O–H groups in total. The van der Waals surface area contributed by atoms with Crippen molar-refractivity contribution in [2.24, 2.45) is 7.05 Å². The number of rotatable bonds is 3. The van der Waals surface area contributed by atoms with E-state index in [0.717, 1.165) is 26.0 Å². The van der Waals surface area contributed by atoms with E-state index in [0.29, 0.717) is 10.9 Å². The summed E-state index contributed by atoms with van der Waals surface area (Å²) >= 11 is 1.34. The predicted molar refractivity (Wildman–Crippen MR) is 102 cm³/mol. The van der Waals surface area contributed by atoms with Crippen LogP contribution in [0.1, 0.15) is 5.76 Å². The highest BCUT2D eigenvalue weighted by molar-refractivity contribution is 7.99. The monoisotopic (exact) mass is 396 g/mol. The minimum atomic E-state index is -0.662. The third kappa shape index (κ3) is 2.89. The molecular weight excluding hydrogens is 380 g/mol. The number of aromatic nitrogens is 2. The first-order chi connectivity index (χ1) is 13.4. The van der Waals surface area contributed by atoms with Crippen molar-refractivity contribution in [2.45, 2.75) is 10.2 Å². The third-order valence-corrected chi connectivity index (χ3v) is 5.44. The molecule has 8 nitrogen and oxygen atoms in total. The molecule has 0 spiro atoms. The fourth-order valence-corrected chi connectivity index (χ4v) is 3.72. The zero-order valence-electron chi connectivity index (χ0n) is 15.4. The maximum atomic E-state index is 12.3. The number of imidazole rings is 1. The predicted octanol–water partition coefficient (Wildman–Crippen LogP) is 2.75. The molecule has 1 aliphatic rings. The number of furan rings is 1. The van der Waals surface area contributed by atoms with E-state index >= 15 is 0 Å². The van der Waals surface area contributed by atoms with Gasteiger partial charge in [0.2, 0.25) is 0 Å². The van der Waals surface area contributed by atoms with Gasteiger partial charge in [-0.1, -0.05) is 12.1 Å². The Kier molecular flexibility index (Phi) is 4.31. The van der Waals surface area contributed by atoms with Crippen LogP contribution in [0.4, 0.5) is 4.79 Å². The van der Waals surface area contributed by atoms with Gasteiger partial charge in [-0.25, -0.2) is 9.78 Å². The van der Waals surface area contributed by atoms with E-state index in [1.807, 2.05) is 35.9 Å². The lowest BCUT2D eigenvalue weighted by atomic mass is 10.1. The molecule has 9 heteroatoms. The Morgan fingerprint density at radius 2 is 1.64 bits per heavy atom. The minimum absolute atomic E-state index is 0.127. The van der Waals surface area contributed by atoms with E-state index in [9.17, 15) is 14.4 Å². The van der Waals surface area contributed by atoms with Crippen LogP contribution in [-0.2, 0) is 16.6 Å². The number of para-hydroxylation sites is 2. The van der Waals surface area contributed by atoms with Crippen LogP contribution in [0.15, 0.2) is 56.6 Å². The first-order valence-corrected chi connectivity index (χ1v) is 9.19. The molecule has 1 aromatic carbocycles. The largest absolute Gasteiger partial charge is 0.450 e. The van der Waals surface area contributed by atoms with Gasteiger partial charge in [0.05, 0.1) is 11.0 Å². The summed E-state index contributed by atoms with van der Waals surface area (Å²) in [6, 6.07) is 10.5. The van der Waals surface area contributed by atoms with Gasteiger partial charge in [-0.15, -0.1) is 0 Å². The number of benzene rings is 1. The van der Waals surface area contributed by atoms with Crippen molar-refractivity contribution in [3.63, 3.8) is 0 Å². The van der Waals surface area contributed by atoms with Gasteiger partial charge in [0.25, 0.3) is 11.8 Å². The second-order valence-corrected chi connectivity index (χ2v) is 7.24. The molecule has 28 heavy (non-hydrogen) atoms. The Balaban J connectivity index is 1.61. The molecule has 3 aromatic rings. The number of amides is 4. The summed E-state index contributed by atoms with van der Waals surface area (Å²) in [4.78, 5) is 42.7. The van der Waals surface area contributed by atoms with Gasteiger partial charge in [-0.05, 0) is 42.1 Å². The lowest BCUT2D eigenvalue weighted by molar-refractivity contribution is -0.134. The lowest BCUT2D eigenvalue weighted by Gasteiger charge is -2.28. The van der Waals surface area contributed by atoms with Gasteiger partial charge >= 0.3 is 6.03 Å². The second-order valence-electron chi connectivity index (χ2n) is 6.27. The Bertz CT molecular complexity index is 1130. The Labute approximate surface area is 164 Å². The molecular formula is C19H16N4O4S. The number of nitrogens with zero attached hydrogens (tertiary/aromatic N) is 4. The van der Waals surface area contributed by atoms with Gasteiger partial charge in [0.1, 0.15) is 11.3 Å². The molecule has 3 heterocycles. The molecule has 0 bridgehead atoms. The van der Waals surface area contributed by atoms with E-state index < -0.39 is 17.8 Å². The number of carbonyl (C=O) groups is 3. The maximum absolute atomic E-state index is 12.3. The summed E-state index contributed by atoms with van der Waals surface area (Å²) in [7, 11) is 4.58. The molecule has 0 aliphatic carbocycles. The van der Waals surface area contributed by atoms with Gasteiger partial charge < -0.3 is 8.98 Å². The van der Waals surface area contributed by atoms with Crippen molar-refractivity contribution < 1.29 is 18.8 Å². The molecule has 4 amide bonds. The second kappa shape index (κ2) is 6.68. The summed E-state index contributed by atoms with van der Waals surface area (Å²) < 4.78 is 7.70. The number of urea groups is 1. The number of fused-ring (bicyclic) bond motifs is 1. The minimum Gasteiger partial charge on any atom is -0.450 e. The summed E-state index contributed by atoms with van der Waals surface area (Å²) in [5.74, 6) is -0.975. The van der Waals surface area contributed by atoms with Crippen molar-refractivity contribution in [3.8, 4) is 0 Å². The topological polar surface area (TPSA) is 88.7 Å². The first kappa shape index (κ1) is 18.1. The summed E-state index contributed by atoms with van der Waals surface area (Å²) in [6.07, 6.45) is 1.35. The SMILES string of the molecule is CN1C(=O)C(=Cc2ccc(Sc3nc4ccccc4n3C)o2)C(=O)N(C)C1=O. The fraction of sp³-hybridized carbons (Fsp3) is 0.158. The third-order valence-electron chi connectivity index (χ3n) is 4.47. The number of aryl methyl sites for hydroxylation is 1. The van der Waals surface area contributed by atoms with Crippen LogP contribution < -0.4 is 0 Å². The molecule has 0 radical (unpaired) electrons. The van der Waals surface area contributed by atoms with E-state index in [-0.39, 0.29) is 5.57 Å². The number of imide groups is 2. The standard InChI is InChI=1S/C19H16N4O4S/c1-21-14-7-5-4-6-13(14)20-18(21)28-15-9-8-11(27-15)10-12-16(24)22(2)19(26)23(3)17(12)25/h4-10H,1-3H3. The molecule has 1 saturated heterocycles. The van der Waals surface area contributed by atoms with Crippen LogP contribution in [0.2, 0.25) is 0 Å². The highest BCUT2D eigenvalue weighted by Crippen LogP contribution is 2.31. The van der Waals surface area contributed by atoms with Crippen molar-refractivity contribution in [1.29, 1.82) is 0 Å². The molecule has 0 saturated carbocycles. The van der Waals surface area contributed by atoms with Crippen molar-refractivity contribution in [3.05, 3.63) is 47.7 Å². The van der Waals surface area contributed by atoms with E-state index in [4.69, 9.17) is 4.42 Å². The maximum Gasteiger partial charge on any atom is 0.333 e. The highest BCUT2D eigenvalue weighted by atomic mass is 32.2. The average molecular weight is 396 g/mol. The van der Waals surface area contributed by atoms with E-state index in [1.165, 1.54) is 31.9 Å². The van der Waals surface area contributed by atoms with Crippen molar-refractivity contribution >= 4 is 46.7 Å². The molecule has 0 unspecified atom stereocenters. The Hall–Kier alpha value is -3.33. The number of likely N-dealkylation sites (N-methyl/N-ethyl adjacent to an activating group) is 2. The Morgan fingerprint density at radius 3 is 2.32 bits per heavy atom. The number of carbonyl (C=O) groups excluding carboxylic acids is 3. The first-order valence-electron chi connectivity index (χ1n) is 8.37. The van der Waals surface area contributed by atoms with E-state index in [1.54, 1.807) is 12.1 Å². The van der Waals surface area contributed by atoms with Crippen molar-refractivity contribution in [2.75, 3.05) is 14.1 Å². The molecule has 1 aliphatic heterocycles. The molecule has 0 atom stereocenters. The molecule has 1 fully saturated rings. The number of hydrogen-bond donors (Lipinski definition) is 0. The van der Waals surface area contributed by atoms with Crippen LogP contribution in [0.25, 0.3) is 17.1 Å². The summed E-state index contributed by atoms with van der Waals surface area (Å²) in [6.45, 7) is 0. The number of hydrogen-bond acceptors (Lipinski definition) is 6. The van der Waals surface area contributed by atoms with Gasteiger partial charge in [-0.2, -0.15) is 0 Å².